The van der Waals surface area contributed by atoms with Crippen LogP contribution in [0, 0.1) is 19.8 Å². The lowest BCUT2D eigenvalue weighted by atomic mass is 10.1. The molecule has 25 heavy (non-hydrogen) atoms. The third-order valence-corrected chi connectivity index (χ3v) is 5.69. The van der Waals surface area contributed by atoms with Gasteiger partial charge < -0.3 is 10.2 Å². The second kappa shape index (κ2) is 7.18. The molecule has 1 atom stereocenters. The number of hydrogen-bond acceptors (Lipinski definition) is 2. The van der Waals surface area contributed by atoms with Crippen molar-refractivity contribution >= 4 is 50.7 Å². The SMILES string of the molecule is Cc1c(Br)ccc(NC(=O)C2CC(=O)N(c3cccc(Cl)c3)C2)c1C. The Labute approximate surface area is 160 Å². The van der Waals surface area contributed by atoms with Gasteiger partial charge in [-0.25, -0.2) is 0 Å². The fraction of sp³-hybridized carbons (Fsp3) is 0.263. The lowest BCUT2D eigenvalue weighted by Gasteiger charge is -2.17. The van der Waals surface area contributed by atoms with E-state index in [1.54, 1.807) is 23.1 Å². The second-order valence-electron chi connectivity index (χ2n) is 6.22. The highest BCUT2D eigenvalue weighted by Crippen LogP contribution is 2.29. The van der Waals surface area contributed by atoms with Crippen LogP contribution >= 0.6 is 27.5 Å². The third-order valence-electron chi connectivity index (χ3n) is 4.59. The Kier molecular flexibility index (Phi) is 5.16. The van der Waals surface area contributed by atoms with Crippen molar-refractivity contribution < 1.29 is 9.59 Å². The van der Waals surface area contributed by atoms with E-state index in [0.29, 0.717) is 11.6 Å². The van der Waals surface area contributed by atoms with E-state index in [-0.39, 0.29) is 24.2 Å². The highest BCUT2D eigenvalue weighted by atomic mass is 79.9. The van der Waals surface area contributed by atoms with Crippen LogP contribution in [-0.4, -0.2) is 18.4 Å². The molecule has 1 saturated heterocycles. The summed E-state index contributed by atoms with van der Waals surface area (Å²) < 4.78 is 1.01. The zero-order valence-corrected chi connectivity index (χ0v) is 16.3. The summed E-state index contributed by atoms with van der Waals surface area (Å²) in [5, 5.41) is 3.53. The molecule has 1 aliphatic rings. The van der Waals surface area contributed by atoms with Gasteiger partial charge in [0.1, 0.15) is 0 Å². The standard InChI is InChI=1S/C19H18BrClN2O2/c1-11-12(2)17(7-6-16(11)20)22-19(25)13-8-18(24)23(10-13)15-5-3-4-14(21)9-15/h3-7,9,13H,8,10H2,1-2H3,(H,22,25). The molecule has 0 radical (unpaired) electrons. The number of nitrogens with one attached hydrogen (secondary N) is 1. The van der Waals surface area contributed by atoms with Crippen molar-refractivity contribution in [2.45, 2.75) is 20.3 Å². The van der Waals surface area contributed by atoms with Gasteiger partial charge in [-0.3, -0.25) is 9.59 Å². The maximum Gasteiger partial charge on any atom is 0.229 e. The Hall–Kier alpha value is -1.85. The number of benzene rings is 2. The average Bonchev–Trinajstić information content (AvgIpc) is 2.97. The monoisotopic (exact) mass is 420 g/mol. The predicted molar refractivity (Wildman–Crippen MR) is 104 cm³/mol. The van der Waals surface area contributed by atoms with Crippen molar-refractivity contribution in [2.75, 3.05) is 16.8 Å². The number of carbonyl (C=O) groups is 2. The largest absolute Gasteiger partial charge is 0.326 e. The summed E-state index contributed by atoms with van der Waals surface area (Å²) in [7, 11) is 0. The van der Waals surface area contributed by atoms with Crippen LogP contribution in [0.3, 0.4) is 0 Å². The molecule has 4 nitrogen and oxygen atoms in total. The summed E-state index contributed by atoms with van der Waals surface area (Å²) >= 11 is 9.49. The van der Waals surface area contributed by atoms with Crippen LogP contribution in [0.5, 0.6) is 0 Å². The fourth-order valence-electron chi connectivity index (χ4n) is 2.93. The molecular formula is C19H18BrClN2O2. The number of anilines is 2. The number of hydrogen-bond donors (Lipinski definition) is 1. The van der Waals surface area contributed by atoms with Gasteiger partial charge in [-0.05, 0) is 55.3 Å². The minimum absolute atomic E-state index is 0.0638. The highest BCUT2D eigenvalue weighted by molar-refractivity contribution is 9.10. The molecular weight excluding hydrogens is 404 g/mol. The van der Waals surface area contributed by atoms with Crippen LogP contribution in [0.2, 0.25) is 5.02 Å². The molecule has 130 valence electrons. The second-order valence-corrected chi connectivity index (χ2v) is 7.51. The highest BCUT2D eigenvalue weighted by Gasteiger charge is 2.35. The van der Waals surface area contributed by atoms with Crippen LogP contribution in [0.25, 0.3) is 0 Å². The van der Waals surface area contributed by atoms with Gasteiger partial charge in [0.25, 0.3) is 0 Å². The molecule has 2 aromatic carbocycles. The molecule has 2 aromatic rings. The summed E-state index contributed by atoms with van der Waals surface area (Å²) in [6.07, 6.45) is 0.201. The van der Waals surface area contributed by atoms with E-state index in [1.165, 1.54) is 0 Å². The topological polar surface area (TPSA) is 49.4 Å². The van der Waals surface area contributed by atoms with Gasteiger partial charge in [0.15, 0.2) is 0 Å². The van der Waals surface area contributed by atoms with E-state index in [1.807, 2.05) is 32.0 Å². The third kappa shape index (κ3) is 3.72. The molecule has 1 unspecified atom stereocenters. The Morgan fingerprint density at radius 2 is 2.00 bits per heavy atom. The zero-order valence-electron chi connectivity index (χ0n) is 14.0. The van der Waals surface area contributed by atoms with Gasteiger partial charge >= 0.3 is 0 Å². The van der Waals surface area contributed by atoms with Crippen LogP contribution in [0.4, 0.5) is 11.4 Å². The van der Waals surface area contributed by atoms with Crippen LogP contribution in [-0.2, 0) is 9.59 Å². The van der Waals surface area contributed by atoms with Gasteiger partial charge in [-0.15, -0.1) is 0 Å². The molecule has 1 aliphatic heterocycles. The summed E-state index contributed by atoms with van der Waals surface area (Å²) in [5.74, 6) is -0.580. The molecule has 0 spiro atoms. The van der Waals surface area contributed by atoms with E-state index >= 15 is 0 Å². The molecule has 6 heteroatoms. The number of halogens is 2. The molecule has 0 aliphatic carbocycles. The first kappa shape index (κ1) is 18.0. The Bertz CT molecular complexity index is 853. The van der Waals surface area contributed by atoms with Gasteiger partial charge in [-0.1, -0.05) is 33.6 Å². The van der Waals surface area contributed by atoms with Crippen molar-refractivity contribution in [1.82, 2.24) is 0 Å². The van der Waals surface area contributed by atoms with Crippen LogP contribution in [0.1, 0.15) is 17.5 Å². The molecule has 3 rings (SSSR count). The first-order valence-electron chi connectivity index (χ1n) is 7.99. The molecule has 2 amide bonds. The number of amides is 2. The summed E-state index contributed by atoms with van der Waals surface area (Å²) in [5.41, 5.74) is 3.60. The summed E-state index contributed by atoms with van der Waals surface area (Å²) in [6, 6.07) is 10.9. The lowest BCUT2D eigenvalue weighted by Crippen LogP contribution is -2.28. The van der Waals surface area contributed by atoms with Crippen molar-refractivity contribution in [3.8, 4) is 0 Å². The molecule has 1 N–H and O–H groups in total. The Morgan fingerprint density at radius 3 is 2.72 bits per heavy atom. The van der Waals surface area contributed by atoms with Gasteiger partial charge in [0, 0.05) is 33.8 Å². The van der Waals surface area contributed by atoms with E-state index in [9.17, 15) is 9.59 Å². The van der Waals surface area contributed by atoms with Crippen LogP contribution < -0.4 is 10.2 Å². The molecule has 1 fully saturated rings. The van der Waals surface area contributed by atoms with Crippen LogP contribution in [0.15, 0.2) is 40.9 Å². The zero-order chi connectivity index (χ0) is 18.1. The number of carbonyl (C=O) groups excluding carboxylic acids is 2. The summed E-state index contributed by atoms with van der Waals surface area (Å²) in [4.78, 5) is 26.6. The van der Waals surface area contributed by atoms with Crippen molar-refractivity contribution in [3.63, 3.8) is 0 Å². The number of rotatable bonds is 3. The van der Waals surface area contributed by atoms with E-state index in [4.69, 9.17) is 11.6 Å². The molecule has 0 saturated carbocycles. The smallest absolute Gasteiger partial charge is 0.229 e. The normalized spacial score (nSPS) is 17.0. The quantitative estimate of drug-likeness (QED) is 0.780. The minimum atomic E-state index is -0.380. The first-order valence-corrected chi connectivity index (χ1v) is 9.16. The van der Waals surface area contributed by atoms with E-state index in [2.05, 4.69) is 21.2 Å². The maximum atomic E-state index is 12.6. The van der Waals surface area contributed by atoms with Gasteiger partial charge in [0.05, 0.1) is 5.92 Å². The lowest BCUT2D eigenvalue weighted by molar-refractivity contribution is -0.122. The average molecular weight is 422 g/mol. The van der Waals surface area contributed by atoms with Crippen molar-refractivity contribution in [2.24, 2.45) is 5.92 Å². The molecule has 0 bridgehead atoms. The van der Waals surface area contributed by atoms with Crippen molar-refractivity contribution in [3.05, 3.63) is 57.0 Å². The summed E-state index contributed by atoms with van der Waals surface area (Å²) in [6.45, 7) is 4.32. The van der Waals surface area contributed by atoms with Crippen molar-refractivity contribution in [1.29, 1.82) is 0 Å². The molecule has 0 aromatic heterocycles. The maximum absolute atomic E-state index is 12.6. The molecule has 1 heterocycles. The number of nitrogens with zero attached hydrogens (tertiary/aromatic N) is 1. The van der Waals surface area contributed by atoms with E-state index < -0.39 is 0 Å². The van der Waals surface area contributed by atoms with E-state index in [0.717, 1.165) is 27.0 Å². The Balaban J connectivity index is 1.74. The predicted octanol–water partition coefficient (Wildman–Crippen LogP) is 4.71. The van der Waals surface area contributed by atoms with Gasteiger partial charge in [0.2, 0.25) is 11.8 Å². The van der Waals surface area contributed by atoms with Gasteiger partial charge in [-0.2, -0.15) is 0 Å². The Morgan fingerprint density at radius 1 is 1.24 bits per heavy atom. The fourth-order valence-corrected chi connectivity index (χ4v) is 3.55. The first-order chi connectivity index (χ1) is 11.9. The minimum Gasteiger partial charge on any atom is -0.326 e.